The van der Waals surface area contributed by atoms with Gasteiger partial charge in [0.25, 0.3) is 0 Å². The molecule has 0 radical (unpaired) electrons. The lowest BCUT2D eigenvalue weighted by molar-refractivity contribution is -0.136. The molecule has 4 heteroatoms. The van der Waals surface area contributed by atoms with Gasteiger partial charge in [0.2, 0.25) is 5.91 Å². The zero-order valence-corrected chi connectivity index (χ0v) is 11.5. The lowest BCUT2D eigenvalue weighted by Crippen LogP contribution is -2.53. The number of hydrogen-bond donors (Lipinski definition) is 1. The summed E-state index contributed by atoms with van der Waals surface area (Å²) in [5, 5.41) is 9.12. The summed E-state index contributed by atoms with van der Waals surface area (Å²) < 4.78 is 0. The molecule has 0 saturated carbocycles. The lowest BCUT2D eigenvalue weighted by Gasteiger charge is -2.33. The van der Waals surface area contributed by atoms with Gasteiger partial charge < -0.3 is 10.6 Å². The van der Waals surface area contributed by atoms with Crippen LogP contribution in [-0.4, -0.2) is 28.9 Å². The normalized spacial score (nSPS) is 25.0. The Morgan fingerprint density at radius 3 is 2.39 bits per heavy atom. The van der Waals surface area contributed by atoms with Gasteiger partial charge in [0, 0.05) is 0 Å². The molecule has 0 spiro atoms. The third-order valence-corrected chi connectivity index (χ3v) is 3.30. The molecule has 18 heavy (non-hydrogen) atoms. The molecule has 1 amide bonds. The fourth-order valence-electron chi connectivity index (χ4n) is 2.08. The predicted octanol–water partition coefficient (Wildman–Crippen LogP) is 1.27. The standard InChI is InChI=1S/C14H21N3O/c1-5-6-10-7-8-11(9-15)17(10)13(18)12(16)14(2,3)4/h10-12H,7-8,16H2,1-4H3/t10?,11?,12-/m0/s1. The maximum absolute atomic E-state index is 12.4. The summed E-state index contributed by atoms with van der Waals surface area (Å²) in [5.74, 6) is 5.65. The Labute approximate surface area is 109 Å². The second-order valence-corrected chi connectivity index (χ2v) is 5.72. The van der Waals surface area contributed by atoms with Crippen LogP contribution in [0.25, 0.3) is 0 Å². The van der Waals surface area contributed by atoms with Crippen molar-refractivity contribution >= 4 is 5.91 Å². The van der Waals surface area contributed by atoms with Crippen LogP contribution >= 0.6 is 0 Å². The molecule has 0 aromatic carbocycles. The topological polar surface area (TPSA) is 70.1 Å². The number of amides is 1. The molecule has 1 fully saturated rings. The van der Waals surface area contributed by atoms with Crippen LogP contribution in [0, 0.1) is 28.6 Å². The zero-order chi connectivity index (χ0) is 13.9. The number of hydrogen-bond acceptors (Lipinski definition) is 3. The van der Waals surface area contributed by atoms with Crippen molar-refractivity contribution in [2.45, 2.75) is 58.7 Å². The van der Waals surface area contributed by atoms with Gasteiger partial charge in [-0.2, -0.15) is 5.26 Å². The molecule has 0 aromatic heterocycles. The first kappa shape index (κ1) is 14.5. The summed E-state index contributed by atoms with van der Waals surface area (Å²) in [5.41, 5.74) is 5.68. The van der Waals surface area contributed by atoms with Crippen LogP contribution in [0.15, 0.2) is 0 Å². The molecule has 0 aromatic rings. The van der Waals surface area contributed by atoms with E-state index in [1.807, 2.05) is 20.8 Å². The fraction of sp³-hybridized carbons (Fsp3) is 0.714. The van der Waals surface area contributed by atoms with Gasteiger partial charge in [-0.3, -0.25) is 4.79 Å². The SMILES string of the molecule is CC#CC1CCC(C#N)N1C(=O)[C@H](N)C(C)(C)C. The van der Waals surface area contributed by atoms with E-state index in [4.69, 9.17) is 11.0 Å². The summed E-state index contributed by atoms with van der Waals surface area (Å²) >= 11 is 0. The summed E-state index contributed by atoms with van der Waals surface area (Å²) in [6, 6.07) is 1.01. The second kappa shape index (κ2) is 5.42. The Morgan fingerprint density at radius 1 is 1.39 bits per heavy atom. The molecular formula is C14H21N3O. The molecule has 0 bridgehead atoms. The molecule has 1 saturated heterocycles. The Bertz CT molecular complexity index is 419. The molecule has 98 valence electrons. The van der Waals surface area contributed by atoms with Gasteiger partial charge in [-0.15, -0.1) is 5.92 Å². The first-order chi connectivity index (χ1) is 8.32. The molecule has 2 N–H and O–H groups in total. The van der Waals surface area contributed by atoms with Crippen molar-refractivity contribution in [2.75, 3.05) is 0 Å². The van der Waals surface area contributed by atoms with Crippen LogP contribution in [0.4, 0.5) is 0 Å². The van der Waals surface area contributed by atoms with Crippen molar-refractivity contribution in [2.24, 2.45) is 11.1 Å². The highest BCUT2D eigenvalue weighted by Gasteiger charge is 2.41. The molecule has 1 rings (SSSR count). The highest BCUT2D eigenvalue weighted by atomic mass is 16.2. The van der Waals surface area contributed by atoms with E-state index in [1.54, 1.807) is 11.8 Å². The number of carbonyl (C=O) groups excluding carboxylic acids is 1. The van der Waals surface area contributed by atoms with E-state index in [2.05, 4.69) is 17.9 Å². The van der Waals surface area contributed by atoms with Crippen molar-refractivity contribution in [1.82, 2.24) is 4.90 Å². The van der Waals surface area contributed by atoms with Crippen molar-refractivity contribution in [3.8, 4) is 17.9 Å². The lowest BCUT2D eigenvalue weighted by atomic mass is 9.86. The van der Waals surface area contributed by atoms with Gasteiger partial charge in [0.05, 0.1) is 18.2 Å². The minimum Gasteiger partial charge on any atom is -0.319 e. The van der Waals surface area contributed by atoms with Crippen LogP contribution < -0.4 is 5.73 Å². The van der Waals surface area contributed by atoms with Gasteiger partial charge in [-0.25, -0.2) is 0 Å². The van der Waals surface area contributed by atoms with Crippen molar-refractivity contribution < 1.29 is 4.79 Å². The summed E-state index contributed by atoms with van der Waals surface area (Å²) in [6.07, 6.45) is 1.43. The minimum atomic E-state index is -0.604. The van der Waals surface area contributed by atoms with E-state index in [0.29, 0.717) is 6.42 Å². The van der Waals surface area contributed by atoms with Crippen LogP contribution in [0.5, 0.6) is 0 Å². The Kier molecular flexibility index (Phi) is 4.38. The molecule has 3 atom stereocenters. The number of nitriles is 1. The summed E-state index contributed by atoms with van der Waals surface area (Å²) in [7, 11) is 0. The minimum absolute atomic E-state index is 0.166. The second-order valence-electron chi connectivity index (χ2n) is 5.72. The van der Waals surface area contributed by atoms with E-state index >= 15 is 0 Å². The van der Waals surface area contributed by atoms with Gasteiger partial charge in [-0.1, -0.05) is 26.7 Å². The van der Waals surface area contributed by atoms with E-state index in [-0.39, 0.29) is 17.4 Å². The van der Waals surface area contributed by atoms with Gasteiger partial charge in [-0.05, 0) is 25.2 Å². The first-order valence-corrected chi connectivity index (χ1v) is 6.22. The van der Waals surface area contributed by atoms with Crippen molar-refractivity contribution in [1.29, 1.82) is 5.26 Å². The summed E-state index contributed by atoms with van der Waals surface area (Å²) in [6.45, 7) is 7.51. The smallest absolute Gasteiger partial charge is 0.242 e. The van der Waals surface area contributed by atoms with E-state index in [9.17, 15) is 4.79 Å². The van der Waals surface area contributed by atoms with Crippen molar-refractivity contribution in [3.05, 3.63) is 0 Å². The number of rotatable bonds is 1. The Balaban J connectivity index is 2.98. The average Bonchev–Trinajstić information content (AvgIpc) is 2.69. The van der Waals surface area contributed by atoms with E-state index in [1.165, 1.54) is 0 Å². The van der Waals surface area contributed by atoms with Crippen LogP contribution in [0.1, 0.15) is 40.5 Å². The highest BCUT2D eigenvalue weighted by molar-refractivity contribution is 5.84. The zero-order valence-electron chi connectivity index (χ0n) is 11.5. The maximum atomic E-state index is 12.4. The Morgan fingerprint density at radius 2 is 1.94 bits per heavy atom. The third-order valence-electron chi connectivity index (χ3n) is 3.30. The number of nitrogens with zero attached hydrogens (tertiary/aromatic N) is 2. The Hall–Kier alpha value is -1.52. The number of carbonyl (C=O) groups is 1. The molecule has 0 aliphatic carbocycles. The first-order valence-electron chi connectivity index (χ1n) is 6.22. The van der Waals surface area contributed by atoms with Gasteiger partial charge in [0.15, 0.2) is 0 Å². The number of likely N-dealkylation sites (tertiary alicyclic amines) is 1. The van der Waals surface area contributed by atoms with Crippen molar-refractivity contribution in [3.63, 3.8) is 0 Å². The molecule has 4 nitrogen and oxygen atoms in total. The molecular weight excluding hydrogens is 226 g/mol. The largest absolute Gasteiger partial charge is 0.319 e. The molecule has 1 aliphatic heterocycles. The third kappa shape index (κ3) is 2.83. The van der Waals surface area contributed by atoms with Gasteiger partial charge in [0.1, 0.15) is 6.04 Å². The fourth-order valence-corrected chi connectivity index (χ4v) is 2.08. The van der Waals surface area contributed by atoms with Crippen LogP contribution in [-0.2, 0) is 4.79 Å². The number of nitrogens with two attached hydrogens (primary N) is 1. The van der Waals surface area contributed by atoms with E-state index in [0.717, 1.165) is 6.42 Å². The van der Waals surface area contributed by atoms with Crippen LogP contribution in [0.3, 0.4) is 0 Å². The molecule has 2 unspecified atom stereocenters. The molecule has 1 heterocycles. The monoisotopic (exact) mass is 247 g/mol. The average molecular weight is 247 g/mol. The van der Waals surface area contributed by atoms with E-state index < -0.39 is 12.1 Å². The van der Waals surface area contributed by atoms with Crippen LogP contribution in [0.2, 0.25) is 0 Å². The summed E-state index contributed by atoms with van der Waals surface area (Å²) in [4.78, 5) is 14.0. The highest BCUT2D eigenvalue weighted by Crippen LogP contribution is 2.27. The predicted molar refractivity (Wildman–Crippen MR) is 70.1 cm³/mol. The molecule has 1 aliphatic rings. The maximum Gasteiger partial charge on any atom is 0.242 e. The quantitative estimate of drug-likeness (QED) is 0.709. The van der Waals surface area contributed by atoms with Gasteiger partial charge >= 0.3 is 0 Å².